The third-order valence-electron chi connectivity index (χ3n) is 4.00. The lowest BCUT2D eigenvalue weighted by Gasteiger charge is -2.37. The van der Waals surface area contributed by atoms with E-state index in [1.165, 1.54) is 0 Å². The number of ether oxygens (including phenoxy) is 2. The topological polar surface area (TPSA) is 84.9 Å². The molecule has 1 saturated carbocycles. The van der Waals surface area contributed by atoms with Gasteiger partial charge in [-0.15, -0.1) is 0 Å². The van der Waals surface area contributed by atoms with Crippen LogP contribution in [0, 0.1) is 0 Å². The van der Waals surface area contributed by atoms with Crippen molar-refractivity contribution in [2.75, 3.05) is 7.11 Å². The summed E-state index contributed by atoms with van der Waals surface area (Å²) in [5, 5.41) is 12.0. The summed E-state index contributed by atoms with van der Waals surface area (Å²) in [5.41, 5.74) is -0.465. The number of nitrogens with one attached hydrogen (secondary N) is 1. The Morgan fingerprint density at radius 1 is 1.36 bits per heavy atom. The SMILES string of the molecule is COC1CCCC(NC(=O)OCc2ccccc2)(C(=O)O)C1. The number of amides is 1. The molecule has 0 radical (unpaired) electrons. The Bertz CT molecular complexity index is 519. The molecule has 2 rings (SSSR count). The highest BCUT2D eigenvalue weighted by Crippen LogP contribution is 2.30. The number of hydrogen-bond acceptors (Lipinski definition) is 4. The molecule has 1 fully saturated rings. The van der Waals surface area contributed by atoms with Gasteiger partial charge in [0.15, 0.2) is 0 Å². The Hall–Kier alpha value is -2.08. The van der Waals surface area contributed by atoms with E-state index in [0.717, 1.165) is 12.0 Å². The predicted molar refractivity (Wildman–Crippen MR) is 79.4 cm³/mol. The zero-order valence-corrected chi connectivity index (χ0v) is 12.6. The summed E-state index contributed by atoms with van der Waals surface area (Å²) in [5.74, 6) is -1.05. The lowest BCUT2D eigenvalue weighted by atomic mass is 9.80. The maximum atomic E-state index is 12.0. The maximum Gasteiger partial charge on any atom is 0.408 e. The van der Waals surface area contributed by atoms with Gasteiger partial charge in [-0.2, -0.15) is 0 Å². The second-order valence-electron chi connectivity index (χ2n) is 5.53. The molecule has 1 aromatic rings. The Labute approximate surface area is 129 Å². The van der Waals surface area contributed by atoms with E-state index in [4.69, 9.17) is 9.47 Å². The molecule has 0 spiro atoms. The highest BCUT2D eigenvalue weighted by molar-refractivity contribution is 5.84. The first-order chi connectivity index (χ1) is 10.6. The summed E-state index contributed by atoms with van der Waals surface area (Å²) in [6.07, 6.45) is 1.22. The quantitative estimate of drug-likeness (QED) is 0.872. The van der Waals surface area contributed by atoms with Crippen molar-refractivity contribution >= 4 is 12.1 Å². The number of alkyl carbamates (subject to hydrolysis) is 1. The number of benzene rings is 1. The number of carboxylic acids is 1. The molecule has 0 aliphatic heterocycles. The van der Waals surface area contributed by atoms with E-state index in [1.54, 1.807) is 7.11 Å². The summed E-state index contributed by atoms with van der Waals surface area (Å²) in [6, 6.07) is 9.23. The molecule has 0 saturated heterocycles. The Morgan fingerprint density at radius 3 is 2.73 bits per heavy atom. The number of carbonyl (C=O) groups excluding carboxylic acids is 1. The molecule has 22 heavy (non-hydrogen) atoms. The van der Waals surface area contributed by atoms with E-state index < -0.39 is 17.6 Å². The number of hydrogen-bond donors (Lipinski definition) is 2. The van der Waals surface area contributed by atoms with Crippen LogP contribution < -0.4 is 5.32 Å². The van der Waals surface area contributed by atoms with Gasteiger partial charge in [-0.25, -0.2) is 9.59 Å². The number of rotatable bonds is 5. The molecule has 0 bridgehead atoms. The third-order valence-corrected chi connectivity index (χ3v) is 4.00. The average molecular weight is 307 g/mol. The number of carboxylic acid groups (broad SMARTS) is 1. The van der Waals surface area contributed by atoms with Crippen LogP contribution in [0.4, 0.5) is 4.79 Å². The van der Waals surface area contributed by atoms with Crippen molar-refractivity contribution in [3.8, 4) is 0 Å². The Morgan fingerprint density at radius 2 is 2.09 bits per heavy atom. The van der Waals surface area contributed by atoms with Crippen molar-refractivity contribution in [3.05, 3.63) is 35.9 Å². The van der Waals surface area contributed by atoms with Gasteiger partial charge in [0.05, 0.1) is 6.10 Å². The summed E-state index contributed by atoms with van der Waals surface area (Å²) in [4.78, 5) is 23.6. The van der Waals surface area contributed by atoms with Gasteiger partial charge >= 0.3 is 12.1 Å². The molecule has 6 heteroatoms. The Kier molecular flexibility index (Phi) is 5.38. The molecule has 2 unspecified atom stereocenters. The van der Waals surface area contributed by atoms with Gasteiger partial charge in [0, 0.05) is 13.5 Å². The average Bonchev–Trinajstić information content (AvgIpc) is 2.54. The monoisotopic (exact) mass is 307 g/mol. The van der Waals surface area contributed by atoms with E-state index in [-0.39, 0.29) is 19.1 Å². The summed E-state index contributed by atoms with van der Waals surface area (Å²) in [6.45, 7) is 0.107. The standard InChI is InChI=1S/C16H21NO5/c1-21-13-8-5-9-16(10-13,14(18)19)17-15(20)22-11-12-6-3-2-4-7-12/h2-4,6-7,13H,5,8-11H2,1H3,(H,17,20)(H,18,19). The van der Waals surface area contributed by atoms with E-state index >= 15 is 0 Å². The van der Waals surface area contributed by atoms with Gasteiger partial charge < -0.3 is 19.9 Å². The van der Waals surface area contributed by atoms with Crippen molar-refractivity contribution < 1.29 is 24.2 Å². The van der Waals surface area contributed by atoms with Crippen LogP contribution in [-0.2, 0) is 20.9 Å². The number of carbonyl (C=O) groups is 2. The van der Waals surface area contributed by atoms with Crippen LogP contribution in [0.5, 0.6) is 0 Å². The van der Waals surface area contributed by atoms with Crippen LogP contribution in [0.1, 0.15) is 31.2 Å². The molecule has 1 amide bonds. The first-order valence-corrected chi connectivity index (χ1v) is 7.31. The van der Waals surface area contributed by atoms with Gasteiger partial charge in [-0.1, -0.05) is 30.3 Å². The van der Waals surface area contributed by atoms with Crippen LogP contribution in [0.25, 0.3) is 0 Å². The second kappa shape index (κ2) is 7.26. The fraction of sp³-hybridized carbons (Fsp3) is 0.500. The molecule has 2 atom stereocenters. The first kappa shape index (κ1) is 16.3. The predicted octanol–water partition coefficient (Wildman–Crippen LogP) is 2.33. The summed E-state index contributed by atoms with van der Waals surface area (Å²) in [7, 11) is 1.55. The minimum absolute atomic E-state index is 0.107. The van der Waals surface area contributed by atoms with E-state index in [9.17, 15) is 14.7 Å². The molecule has 6 nitrogen and oxygen atoms in total. The van der Waals surface area contributed by atoms with E-state index in [2.05, 4.69) is 5.32 Å². The second-order valence-corrected chi connectivity index (χ2v) is 5.53. The molecule has 120 valence electrons. The molecule has 1 aromatic carbocycles. The highest BCUT2D eigenvalue weighted by Gasteiger charge is 2.44. The third kappa shape index (κ3) is 3.98. The highest BCUT2D eigenvalue weighted by atomic mass is 16.5. The van der Waals surface area contributed by atoms with Crippen LogP contribution in [-0.4, -0.2) is 35.9 Å². The molecule has 0 aromatic heterocycles. The van der Waals surface area contributed by atoms with Gasteiger partial charge in [-0.3, -0.25) is 0 Å². The van der Waals surface area contributed by atoms with Crippen molar-refractivity contribution in [2.45, 2.75) is 43.9 Å². The van der Waals surface area contributed by atoms with Gasteiger partial charge in [-0.05, 0) is 24.8 Å². The van der Waals surface area contributed by atoms with Crippen molar-refractivity contribution in [2.24, 2.45) is 0 Å². The number of aliphatic carboxylic acids is 1. The minimum Gasteiger partial charge on any atom is -0.480 e. The van der Waals surface area contributed by atoms with Gasteiger partial charge in [0.1, 0.15) is 12.1 Å². The number of methoxy groups -OCH3 is 1. The normalized spacial score (nSPS) is 24.5. The van der Waals surface area contributed by atoms with Crippen molar-refractivity contribution in [1.29, 1.82) is 0 Å². The molecule has 1 aliphatic rings. The lowest BCUT2D eigenvalue weighted by molar-refractivity contribution is -0.148. The first-order valence-electron chi connectivity index (χ1n) is 7.31. The zero-order chi connectivity index (χ0) is 16.0. The van der Waals surface area contributed by atoms with E-state index in [0.29, 0.717) is 12.8 Å². The smallest absolute Gasteiger partial charge is 0.408 e. The molecule has 0 heterocycles. The zero-order valence-electron chi connectivity index (χ0n) is 12.6. The molecule has 2 N–H and O–H groups in total. The largest absolute Gasteiger partial charge is 0.480 e. The van der Waals surface area contributed by atoms with Gasteiger partial charge in [0.2, 0.25) is 0 Å². The molecule has 1 aliphatic carbocycles. The van der Waals surface area contributed by atoms with Crippen LogP contribution in [0.15, 0.2) is 30.3 Å². The van der Waals surface area contributed by atoms with E-state index in [1.807, 2.05) is 30.3 Å². The van der Waals surface area contributed by atoms with Crippen molar-refractivity contribution in [1.82, 2.24) is 5.32 Å². The molecular formula is C16H21NO5. The summed E-state index contributed by atoms with van der Waals surface area (Å²) >= 11 is 0. The van der Waals surface area contributed by atoms with Crippen LogP contribution in [0.2, 0.25) is 0 Å². The fourth-order valence-electron chi connectivity index (χ4n) is 2.74. The summed E-state index contributed by atoms with van der Waals surface area (Å²) < 4.78 is 10.4. The lowest BCUT2D eigenvalue weighted by Crippen LogP contribution is -2.58. The maximum absolute atomic E-state index is 12.0. The van der Waals surface area contributed by atoms with Crippen molar-refractivity contribution in [3.63, 3.8) is 0 Å². The van der Waals surface area contributed by atoms with Crippen LogP contribution >= 0.6 is 0 Å². The minimum atomic E-state index is -1.31. The fourth-order valence-corrected chi connectivity index (χ4v) is 2.74. The molecular weight excluding hydrogens is 286 g/mol. The van der Waals surface area contributed by atoms with Gasteiger partial charge in [0.25, 0.3) is 0 Å². The van der Waals surface area contributed by atoms with Crippen LogP contribution in [0.3, 0.4) is 0 Å². The Balaban J connectivity index is 1.95.